The van der Waals surface area contributed by atoms with Gasteiger partial charge in [-0.3, -0.25) is 4.90 Å². The number of hydrogen-bond donors (Lipinski definition) is 1. The summed E-state index contributed by atoms with van der Waals surface area (Å²) in [5, 5.41) is 3.41. The molecule has 0 aliphatic rings. The number of nitrogens with zero attached hydrogens (tertiary/aromatic N) is 1. The van der Waals surface area contributed by atoms with Crippen LogP contribution in [0.25, 0.3) is 0 Å². The Balaban J connectivity index is 2.67. The number of rotatable bonds is 6. The van der Waals surface area contributed by atoms with Crippen molar-refractivity contribution in [3.63, 3.8) is 0 Å². The van der Waals surface area contributed by atoms with E-state index in [0.717, 1.165) is 24.6 Å². The van der Waals surface area contributed by atoms with Crippen LogP contribution in [0.5, 0.6) is 0 Å². The summed E-state index contributed by atoms with van der Waals surface area (Å²) >= 11 is 0. The maximum atomic E-state index is 5.99. The molecule has 0 saturated carbocycles. The van der Waals surface area contributed by atoms with Crippen LogP contribution in [-0.2, 0) is 13.1 Å². The van der Waals surface area contributed by atoms with E-state index in [2.05, 4.69) is 71.8 Å². The fraction of sp³-hybridized carbons (Fsp3) is 0.765. The maximum Gasteiger partial charge on any atom is 0.120 e. The second-order valence-corrected chi connectivity index (χ2v) is 7.31. The lowest BCUT2D eigenvalue weighted by Gasteiger charge is -2.34. The van der Waals surface area contributed by atoms with Crippen molar-refractivity contribution >= 4 is 0 Å². The first-order valence-corrected chi connectivity index (χ1v) is 7.63. The summed E-state index contributed by atoms with van der Waals surface area (Å²) in [5.74, 6) is 2.12. The summed E-state index contributed by atoms with van der Waals surface area (Å²) in [7, 11) is 2.17. The summed E-state index contributed by atoms with van der Waals surface area (Å²) in [6.45, 7) is 17.2. The lowest BCUT2D eigenvalue weighted by atomic mass is 9.87. The quantitative estimate of drug-likeness (QED) is 0.855. The largest absolute Gasteiger partial charge is 0.463 e. The topological polar surface area (TPSA) is 28.4 Å². The molecule has 0 saturated heterocycles. The van der Waals surface area contributed by atoms with Crippen molar-refractivity contribution in [3.8, 4) is 0 Å². The van der Waals surface area contributed by atoms with E-state index in [1.54, 1.807) is 0 Å². The fourth-order valence-corrected chi connectivity index (χ4v) is 2.18. The minimum absolute atomic E-state index is 0.276. The second-order valence-electron chi connectivity index (χ2n) is 7.31. The molecule has 1 rings (SSSR count). The molecule has 1 heterocycles. The van der Waals surface area contributed by atoms with Crippen LogP contribution in [0.15, 0.2) is 10.5 Å². The molecule has 3 heteroatoms. The molecule has 0 radical (unpaired) electrons. The molecular formula is C17H32N2O. The summed E-state index contributed by atoms with van der Waals surface area (Å²) in [6, 6.07) is 3.15. The van der Waals surface area contributed by atoms with E-state index in [1.165, 1.54) is 5.56 Å². The highest BCUT2D eigenvalue weighted by atomic mass is 16.3. The average Bonchev–Trinajstić information content (AvgIpc) is 2.64. The smallest absolute Gasteiger partial charge is 0.120 e. The highest BCUT2D eigenvalue weighted by Crippen LogP contribution is 2.25. The van der Waals surface area contributed by atoms with Crippen molar-refractivity contribution in [3.05, 3.63) is 23.2 Å². The summed E-state index contributed by atoms with van der Waals surface area (Å²) < 4.78 is 5.99. The standard InChI is InChI=1S/C17H32N2O/c1-12(2)18-10-16-13(3)9-15(20-16)11-19(8)14(4)17(5,6)7/h9,12,14,18H,10-11H2,1-8H3. The molecule has 0 aromatic carbocycles. The second kappa shape index (κ2) is 6.77. The minimum Gasteiger partial charge on any atom is -0.463 e. The first-order valence-electron chi connectivity index (χ1n) is 7.63. The van der Waals surface area contributed by atoms with Gasteiger partial charge < -0.3 is 9.73 Å². The lowest BCUT2D eigenvalue weighted by molar-refractivity contribution is 0.126. The SMILES string of the molecule is Cc1cc(CN(C)C(C)C(C)(C)C)oc1CNC(C)C. The first-order chi connectivity index (χ1) is 9.11. The van der Waals surface area contributed by atoms with Gasteiger partial charge in [-0.15, -0.1) is 0 Å². The Kier molecular flexibility index (Phi) is 5.84. The average molecular weight is 280 g/mol. The minimum atomic E-state index is 0.276. The van der Waals surface area contributed by atoms with Crippen LogP contribution in [0.3, 0.4) is 0 Å². The van der Waals surface area contributed by atoms with Gasteiger partial charge >= 0.3 is 0 Å². The molecule has 1 unspecified atom stereocenters. The Labute approximate surface area is 124 Å². The fourth-order valence-electron chi connectivity index (χ4n) is 2.18. The van der Waals surface area contributed by atoms with Gasteiger partial charge in [-0.1, -0.05) is 34.6 Å². The van der Waals surface area contributed by atoms with E-state index in [1.807, 2.05) is 0 Å². The predicted molar refractivity (Wildman–Crippen MR) is 85.8 cm³/mol. The van der Waals surface area contributed by atoms with Gasteiger partial charge in [0.25, 0.3) is 0 Å². The molecular weight excluding hydrogens is 248 g/mol. The van der Waals surface area contributed by atoms with Gasteiger partial charge in [0.1, 0.15) is 11.5 Å². The Morgan fingerprint density at radius 2 is 1.85 bits per heavy atom. The number of nitrogens with one attached hydrogen (secondary N) is 1. The molecule has 0 aliphatic heterocycles. The van der Waals surface area contributed by atoms with Gasteiger partial charge in [0.15, 0.2) is 0 Å². The molecule has 3 nitrogen and oxygen atoms in total. The Hall–Kier alpha value is -0.800. The van der Waals surface area contributed by atoms with E-state index < -0.39 is 0 Å². The Morgan fingerprint density at radius 1 is 1.25 bits per heavy atom. The molecule has 20 heavy (non-hydrogen) atoms. The molecule has 0 spiro atoms. The third kappa shape index (κ3) is 4.95. The third-order valence-corrected chi connectivity index (χ3v) is 4.06. The van der Waals surface area contributed by atoms with Gasteiger partial charge in [-0.2, -0.15) is 0 Å². The van der Waals surface area contributed by atoms with E-state index in [-0.39, 0.29) is 5.41 Å². The maximum absolute atomic E-state index is 5.99. The van der Waals surface area contributed by atoms with Gasteiger partial charge in [-0.25, -0.2) is 0 Å². The molecule has 0 bridgehead atoms. The van der Waals surface area contributed by atoms with Gasteiger partial charge in [0.2, 0.25) is 0 Å². The van der Waals surface area contributed by atoms with Crippen molar-refractivity contribution in [1.82, 2.24) is 10.2 Å². The molecule has 0 aliphatic carbocycles. The van der Waals surface area contributed by atoms with E-state index in [0.29, 0.717) is 12.1 Å². The zero-order valence-corrected chi connectivity index (χ0v) is 14.5. The van der Waals surface area contributed by atoms with Crippen molar-refractivity contribution in [2.45, 2.75) is 73.6 Å². The molecule has 116 valence electrons. The molecule has 1 aromatic heterocycles. The van der Waals surface area contributed by atoms with E-state index >= 15 is 0 Å². The summed E-state index contributed by atoms with van der Waals surface area (Å²) in [6.07, 6.45) is 0. The summed E-state index contributed by atoms with van der Waals surface area (Å²) in [4.78, 5) is 2.36. The molecule has 0 amide bonds. The number of aryl methyl sites for hydroxylation is 1. The van der Waals surface area contributed by atoms with Crippen molar-refractivity contribution in [1.29, 1.82) is 0 Å². The molecule has 1 aromatic rings. The molecule has 1 N–H and O–H groups in total. The predicted octanol–water partition coefficient (Wildman–Crippen LogP) is 3.95. The van der Waals surface area contributed by atoms with Crippen LogP contribution in [-0.4, -0.2) is 24.0 Å². The van der Waals surface area contributed by atoms with E-state index in [4.69, 9.17) is 4.42 Å². The lowest BCUT2D eigenvalue weighted by Crippen LogP contribution is -2.38. The normalized spacial score (nSPS) is 14.3. The van der Waals surface area contributed by atoms with Crippen LogP contribution in [0.4, 0.5) is 0 Å². The monoisotopic (exact) mass is 280 g/mol. The van der Waals surface area contributed by atoms with Crippen molar-refractivity contribution < 1.29 is 4.42 Å². The Morgan fingerprint density at radius 3 is 2.35 bits per heavy atom. The zero-order chi connectivity index (χ0) is 15.5. The summed E-state index contributed by atoms with van der Waals surface area (Å²) in [5.41, 5.74) is 1.52. The molecule has 0 fully saturated rings. The van der Waals surface area contributed by atoms with Crippen LogP contribution < -0.4 is 5.32 Å². The van der Waals surface area contributed by atoms with Gasteiger partial charge in [0, 0.05) is 12.1 Å². The number of hydrogen-bond acceptors (Lipinski definition) is 3. The molecule has 1 atom stereocenters. The van der Waals surface area contributed by atoms with E-state index in [9.17, 15) is 0 Å². The van der Waals surface area contributed by atoms with Crippen molar-refractivity contribution in [2.75, 3.05) is 7.05 Å². The zero-order valence-electron chi connectivity index (χ0n) is 14.5. The first kappa shape index (κ1) is 17.3. The Bertz CT molecular complexity index is 415. The highest BCUT2D eigenvalue weighted by Gasteiger charge is 2.24. The third-order valence-electron chi connectivity index (χ3n) is 4.06. The van der Waals surface area contributed by atoms with Crippen LogP contribution in [0.1, 0.15) is 58.6 Å². The van der Waals surface area contributed by atoms with Crippen LogP contribution >= 0.6 is 0 Å². The van der Waals surface area contributed by atoms with Gasteiger partial charge in [0.05, 0.1) is 13.1 Å². The van der Waals surface area contributed by atoms with Crippen molar-refractivity contribution in [2.24, 2.45) is 5.41 Å². The number of furan rings is 1. The van der Waals surface area contributed by atoms with Crippen LogP contribution in [0.2, 0.25) is 0 Å². The highest BCUT2D eigenvalue weighted by molar-refractivity contribution is 5.20. The van der Waals surface area contributed by atoms with Gasteiger partial charge in [-0.05, 0) is 37.9 Å². The van der Waals surface area contributed by atoms with Crippen LogP contribution in [0, 0.1) is 12.3 Å².